The molecule has 0 bridgehead atoms. The van der Waals surface area contributed by atoms with Crippen LogP contribution in [-0.4, -0.2) is 35.5 Å². The summed E-state index contributed by atoms with van der Waals surface area (Å²) in [5.74, 6) is -1.42. The SMILES string of the molecule is CC(C)(C)OC(=O)[C@@H]1CCCN([C@@H](C(N)=O)c2ccc(F)cc2)C1. The molecule has 1 aliphatic heterocycles. The third kappa shape index (κ3) is 4.77. The maximum atomic E-state index is 13.1. The minimum Gasteiger partial charge on any atom is -0.460 e. The van der Waals surface area contributed by atoms with Gasteiger partial charge < -0.3 is 10.5 Å². The first kappa shape index (κ1) is 18.4. The molecule has 2 N–H and O–H groups in total. The molecule has 2 rings (SSSR count). The van der Waals surface area contributed by atoms with Gasteiger partial charge in [0.25, 0.3) is 0 Å². The number of nitrogens with zero attached hydrogens (tertiary/aromatic N) is 1. The van der Waals surface area contributed by atoms with Gasteiger partial charge >= 0.3 is 5.97 Å². The van der Waals surface area contributed by atoms with Crippen LogP contribution < -0.4 is 5.73 Å². The summed E-state index contributed by atoms with van der Waals surface area (Å²) in [6.07, 6.45) is 1.50. The molecule has 1 amide bonds. The third-order valence-electron chi connectivity index (χ3n) is 4.01. The van der Waals surface area contributed by atoms with Crippen LogP contribution in [0.2, 0.25) is 0 Å². The van der Waals surface area contributed by atoms with Crippen molar-refractivity contribution in [1.82, 2.24) is 4.90 Å². The molecule has 6 heteroatoms. The number of rotatable bonds is 4. The standard InChI is InChI=1S/C18H25FN2O3/c1-18(2,3)24-17(23)13-5-4-10-21(11-13)15(16(20)22)12-6-8-14(19)9-7-12/h6-9,13,15H,4-5,10-11H2,1-3H3,(H2,20,22)/t13-,15-/m1/s1. The zero-order chi connectivity index (χ0) is 17.9. The maximum absolute atomic E-state index is 13.1. The number of carbonyl (C=O) groups is 2. The molecule has 0 radical (unpaired) electrons. The number of esters is 1. The van der Waals surface area contributed by atoms with E-state index in [9.17, 15) is 14.0 Å². The molecule has 2 atom stereocenters. The highest BCUT2D eigenvalue weighted by molar-refractivity contribution is 5.81. The first-order valence-corrected chi connectivity index (χ1v) is 8.19. The van der Waals surface area contributed by atoms with Crippen LogP contribution in [0.5, 0.6) is 0 Å². The predicted molar refractivity (Wildman–Crippen MR) is 88.5 cm³/mol. The lowest BCUT2D eigenvalue weighted by Gasteiger charge is -2.37. The third-order valence-corrected chi connectivity index (χ3v) is 4.01. The Morgan fingerprint density at radius 2 is 1.92 bits per heavy atom. The first-order valence-electron chi connectivity index (χ1n) is 8.19. The van der Waals surface area contributed by atoms with E-state index in [0.717, 1.165) is 12.8 Å². The molecule has 0 unspecified atom stereocenters. The smallest absolute Gasteiger partial charge is 0.310 e. The minimum atomic E-state index is -0.671. The molecule has 1 fully saturated rings. The number of primary amides is 1. The van der Waals surface area contributed by atoms with E-state index in [-0.39, 0.29) is 17.7 Å². The Balaban J connectivity index is 2.14. The van der Waals surface area contributed by atoms with Crippen LogP contribution in [-0.2, 0) is 14.3 Å². The Labute approximate surface area is 142 Å². The van der Waals surface area contributed by atoms with Crippen LogP contribution in [0.3, 0.4) is 0 Å². The van der Waals surface area contributed by atoms with Crippen LogP contribution in [0, 0.1) is 11.7 Å². The number of amides is 1. The van der Waals surface area contributed by atoms with Crippen LogP contribution in [0.25, 0.3) is 0 Å². The normalized spacial score (nSPS) is 20.4. The van der Waals surface area contributed by atoms with E-state index >= 15 is 0 Å². The number of benzene rings is 1. The quantitative estimate of drug-likeness (QED) is 0.857. The van der Waals surface area contributed by atoms with E-state index in [1.165, 1.54) is 12.1 Å². The summed E-state index contributed by atoms with van der Waals surface area (Å²) >= 11 is 0. The number of hydrogen-bond donors (Lipinski definition) is 1. The van der Waals surface area contributed by atoms with Crippen molar-refractivity contribution in [3.8, 4) is 0 Å². The van der Waals surface area contributed by atoms with Crippen LogP contribution in [0.1, 0.15) is 45.2 Å². The Morgan fingerprint density at radius 1 is 1.29 bits per heavy atom. The van der Waals surface area contributed by atoms with Crippen LogP contribution >= 0.6 is 0 Å². The number of halogens is 1. The Hall–Kier alpha value is -1.95. The van der Waals surface area contributed by atoms with E-state index in [4.69, 9.17) is 10.5 Å². The summed E-state index contributed by atoms with van der Waals surface area (Å²) in [6, 6.07) is 5.06. The van der Waals surface area contributed by atoms with Gasteiger partial charge in [-0.1, -0.05) is 12.1 Å². The Kier molecular flexibility index (Phi) is 5.59. The second-order valence-corrected chi connectivity index (χ2v) is 7.22. The summed E-state index contributed by atoms with van der Waals surface area (Å²) in [6.45, 7) is 6.55. The fraction of sp³-hybridized carbons (Fsp3) is 0.556. The van der Waals surface area contributed by atoms with Gasteiger partial charge in [0.1, 0.15) is 17.5 Å². The molecule has 1 heterocycles. The molecule has 0 saturated carbocycles. The molecular formula is C18H25FN2O3. The number of nitrogens with two attached hydrogens (primary N) is 1. The molecule has 0 aliphatic carbocycles. The number of hydrogen-bond acceptors (Lipinski definition) is 4. The average molecular weight is 336 g/mol. The summed E-state index contributed by atoms with van der Waals surface area (Å²) in [5.41, 5.74) is 5.66. The van der Waals surface area contributed by atoms with Crippen molar-refractivity contribution >= 4 is 11.9 Å². The molecule has 0 spiro atoms. The Morgan fingerprint density at radius 3 is 2.46 bits per heavy atom. The highest BCUT2D eigenvalue weighted by atomic mass is 19.1. The lowest BCUT2D eigenvalue weighted by atomic mass is 9.94. The summed E-state index contributed by atoms with van der Waals surface area (Å²) < 4.78 is 18.6. The first-order chi connectivity index (χ1) is 11.2. The summed E-state index contributed by atoms with van der Waals surface area (Å²) in [7, 11) is 0. The number of ether oxygens (including phenoxy) is 1. The number of piperidine rings is 1. The molecule has 1 aromatic carbocycles. The molecule has 0 aromatic heterocycles. The highest BCUT2D eigenvalue weighted by Gasteiger charge is 2.35. The van der Waals surface area contributed by atoms with Gasteiger partial charge in [-0.25, -0.2) is 4.39 Å². The predicted octanol–water partition coefficient (Wildman–Crippen LogP) is 2.41. The van der Waals surface area contributed by atoms with Gasteiger partial charge in [-0.2, -0.15) is 0 Å². The van der Waals surface area contributed by atoms with Crippen molar-refractivity contribution in [1.29, 1.82) is 0 Å². The zero-order valence-corrected chi connectivity index (χ0v) is 14.4. The average Bonchev–Trinajstić information content (AvgIpc) is 2.48. The molecule has 1 aliphatic rings. The fourth-order valence-electron chi connectivity index (χ4n) is 3.02. The highest BCUT2D eigenvalue weighted by Crippen LogP contribution is 2.28. The molecular weight excluding hydrogens is 311 g/mol. The van der Waals surface area contributed by atoms with Gasteiger partial charge in [0.15, 0.2) is 0 Å². The van der Waals surface area contributed by atoms with Gasteiger partial charge in [0.2, 0.25) is 5.91 Å². The minimum absolute atomic E-state index is 0.255. The van der Waals surface area contributed by atoms with Crippen molar-refractivity contribution in [2.45, 2.75) is 45.3 Å². The zero-order valence-electron chi connectivity index (χ0n) is 14.4. The maximum Gasteiger partial charge on any atom is 0.310 e. The molecule has 24 heavy (non-hydrogen) atoms. The molecule has 1 aromatic rings. The molecule has 132 valence electrons. The summed E-state index contributed by atoms with van der Waals surface area (Å²) in [5, 5.41) is 0. The van der Waals surface area contributed by atoms with Gasteiger partial charge in [0.05, 0.1) is 5.92 Å². The number of likely N-dealkylation sites (tertiary alicyclic amines) is 1. The number of carbonyl (C=O) groups excluding carboxylic acids is 2. The van der Waals surface area contributed by atoms with E-state index in [2.05, 4.69) is 0 Å². The van der Waals surface area contributed by atoms with Crippen LogP contribution in [0.4, 0.5) is 4.39 Å². The molecule has 1 saturated heterocycles. The van der Waals surface area contributed by atoms with E-state index < -0.39 is 17.6 Å². The van der Waals surface area contributed by atoms with Crippen molar-refractivity contribution < 1.29 is 18.7 Å². The summed E-state index contributed by atoms with van der Waals surface area (Å²) in [4.78, 5) is 26.2. The topological polar surface area (TPSA) is 72.6 Å². The fourth-order valence-corrected chi connectivity index (χ4v) is 3.02. The van der Waals surface area contributed by atoms with Gasteiger partial charge in [-0.15, -0.1) is 0 Å². The second kappa shape index (κ2) is 7.30. The van der Waals surface area contributed by atoms with Crippen molar-refractivity contribution in [2.75, 3.05) is 13.1 Å². The van der Waals surface area contributed by atoms with Crippen molar-refractivity contribution in [3.63, 3.8) is 0 Å². The molecule has 5 nitrogen and oxygen atoms in total. The van der Waals surface area contributed by atoms with Gasteiger partial charge in [0, 0.05) is 6.54 Å². The van der Waals surface area contributed by atoms with Crippen LogP contribution in [0.15, 0.2) is 24.3 Å². The van der Waals surface area contributed by atoms with Crippen molar-refractivity contribution in [3.05, 3.63) is 35.6 Å². The van der Waals surface area contributed by atoms with Crippen molar-refractivity contribution in [2.24, 2.45) is 11.7 Å². The lowest BCUT2D eigenvalue weighted by molar-refractivity contribution is -0.162. The van der Waals surface area contributed by atoms with E-state index in [1.807, 2.05) is 25.7 Å². The Bertz CT molecular complexity index is 595. The monoisotopic (exact) mass is 336 g/mol. The van der Waals surface area contributed by atoms with E-state index in [0.29, 0.717) is 18.7 Å². The van der Waals surface area contributed by atoms with Gasteiger partial charge in [-0.3, -0.25) is 14.5 Å². The van der Waals surface area contributed by atoms with Gasteiger partial charge in [-0.05, 0) is 57.9 Å². The van der Waals surface area contributed by atoms with E-state index in [1.54, 1.807) is 12.1 Å². The second-order valence-electron chi connectivity index (χ2n) is 7.22. The largest absolute Gasteiger partial charge is 0.460 e. The lowest BCUT2D eigenvalue weighted by Crippen LogP contribution is -2.46.